The smallest absolute Gasteiger partial charge is 0.152 e. The lowest BCUT2D eigenvalue weighted by Crippen LogP contribution is -2.33. The van der Waals surface area contributed by atoms with E-state index in [1.165, 1.54) is 0 Å². The molecule has 104 valence electrons. The van der Waals surface area contributed by atoms with Gasteiger partial charge in [0.1, 0.15) is 5.84 Å². The summed E-state index contributed by atoms with van der Waals surface area (Å²) < 4.78 is 23.1. The lowest BCUT2D eigenvalue weighted by molar-refractivity contribution is 0.601. The fraction of sp³-hybridized carbons (Fsp3) is 0.462. The number of aryl methyl sites for hydroxylation is 1. The van der Waals surface area contributed by atoms with E-state index in [1.807, 2.05) is 31.0 Å². The summed E-state index contributed by atoms with van der Waals surface area (Å²) in [4.78, 5) is 2.02. The molecule has 0 saturated carbocycles. The van der Waals surface area contributed by atoms with Crippen molar-refractivity contribution in [3.05, 3.63) is 29.3 Å². The molecule has 5 nitrogen and oxygen atoms in total. The van der Waals surface area contributed by atoms with Crippen molar-refractivity contribution in [3.8, 4) is 0 Å². The summed E-state index contributed by atoms with van der Waals surface area (Å²) in [7, 11) is -0.961. The van der Waals surface area contributed by atoms with Gasteiger partial charge in [0.25, 0.3) is 0 Å². The predicted molar refractivity (Wildman–Crippen MR) is 77.7 cm³/mol. The van der Waals surface area contributed by atoms with Crippen molar-refractivity contribution in [2.24, 2.45) is 5.73 Å². The van der Waals surface area contributed by atoms with Gasteiger partial charge in [0.05, 0.1) is 11.5 Å². The third kappa shape index (κ3) is 2.89. The zero-order valence-corrected chi connectivity index (χ0v) is 12.0. The number of hydrogen-bond donors (Lipinski definition) is 2. The van der Waals surface area contributed by atoms with Crippen LogP contribution in [0, 0.1) is 12.3 Å². The third-order valence-electron chi connectivity index (χ3n) is 3.64. The number of sulfone groups is 1. The van der Waals surface area contributed by atoms with Crippen molar-refractivity contribution in [2.45, 2.75) is 19.4 Å². The lowest BCUT2D eigenvalue weighted by atomic mass is 10.1. The van der Waals surface area contributed by atoms with Crippen molar-refractivity contribution in [1.82, 2.24) is 0 Å². The van der Waals surface area contributed by atoms with Gasteiger partial charge >= 0.3 is 0 Å². The number of anilines is 1. The van der Waals surface area contributed by atoms with E-state index in [1.54, 1.807) is 6.07 Å². The van der Waals surface area contributed by atoms with Gasteiger partial charge in [-0.05, 0) is 37.1 Å². The molecule has 1 aliphatic rings. The van der Waals surface area contributed by atoms with Gasteiger partial charge in [-0.2, -0.15) is 0 Å². The van der Waals surface area contributed by atoms with Crippen molar-refractivity contribution in [1.29, 1.82) is 5.41 Å². The quantitative estimate of drug-likeness (QED) is 0.636. The van der Waals surface area contributed by atoms with Gasteiger partial charge in [-0.25, -0.2) is 8.42 Å². The minimum absolute atomic E-state index is 0.0341. The van der Waals surface area contributed by atoms with E-state index in [4.69, 9.17) is 11.1 Å². The van der Waals surface area contributed by atoms with Gasteiger partial charge in [0, 0.05) is 24.3 Å². The van der Waals surface area contributed by atoms with Crippen LogP contribution in [0.4, 0.5) is 5.69 Å². The molecule has 1 heterocycles. The van der Waals surface area contributed by atoms with Gasteiger partial charge in [0.2, 0.25) is 0 Å². The number of benzene rings is 1. The Morgan fingerprint density at radius 2 is 2.16 bits per heavy atom. The summed E-state index contributed by atoms with van der Waals surface area (Å²) in [6.45, 7) is 1.95. The summed E-state index contributed by atoms with van der Waals surface area (Å²) in [5.41, 5.74) is 8.14. The second kappa shape index (κ2) is 4.85. The summed E-state index contributed by atoms with van der Waals surface area (Å²) in [6.07, 6.45) is 0.673. The number of nitrogens with two attached hydrogens (primary N) is 1. The molecule has 1 unspecified atom stereocenters. The summed E-state index contributed by atoms with van der Waals surface area (Å²) >= 11 is 0. The highest BCUT2D eigenvalue weighted by molar-refractivity contribution is 7.91. The lowest BCUT2D eigenvalue weighted by Gasteiger charge is -2.27. The number of nitrogens with one attached hydrogen (secondary N) is 1. The normalized spacial score (nSPS) is 21.3. The highest BCUT2D eigenvalue weighted by atomic mass is 32.2. The van der Waals surface area contributed by atoms with Gasteiger partial charge in [-0.15, -0.1) is 0 Å². The van der Waals surface area contributed by atoms with Crippen molar-refractivity contribution >= 4 is 21.4 Å². The standard InChI is InChI=1S/C13H19N3O2S/c1-9-7-10(13(14)15)3-4-12(9)16(2)11-5-6-19(17,18)8-11/h3-4,7,11H,5-6,8H2,1-2H3,(H3,14,15). The third-order valence-corrected chi connectivity index (χ3v) is 5.39. The second-order valence-corrected chi connectivity index (χ2v) is 7.31. The van der Waals surface area contributed by atoms with Crippen molar-refractivity contribution in [3.63, 3.8) is 0 Å². The Morgan fingerprint density at radius 3 is 2.63 bits per heavy atom. The molecule has 6 heteroatoms. The van der Waals surface area contributed by atoms with E-state index in [-0.39, 0.29) is 23.4 Å². The van der Waals surface area contributed by atoms with E-state index < -0.39 is 9.84 Å². The van der Waals surface area contributed by atoms with Gasteiger partial charge < -0.3 is 10.6 Å². The molecule has 0 spiro atoms. The van der Waals surface area contributed by atoms with Crippen LogP contribution < -0.4 is 10.6 Å². The molecule has 1 aliphatic heterocycles. The summed E-state index contributed by atoms with van der Waals surface area (Å²) in [5, 5.41) is 7.41. The Morgan fingerprint density at radius 1 is 1.47 bits per heavy atom. The van der Waals surface area contributed by atoms with Gasteiger partial charge in [0.15, 0.2) is 9.84 Å². The molecule has 19 heavy (non-hydrogen) atoms. The second-order valence-electron chi connectivity index (χ2n) is 5.08. The molecule has 1 saturated heterocycles. The molecule has 0 aromatic heterocycles. The number of hydrogen-bond acceptors (Lipinski definition) is 4. The highest BCUT2D eigenvalue weighted by Crippen LogP contribution is 2.26. The minimum atomic E-state index is -2.88. The Labute approximate surface area is 113 Å². The highest BCUT2D eigenvalue weighted by Gasteiger charge is 2.31. The van der Waals surface area contributed by atoms with E-state index in [2.05, 4.69) is 0 Å². The molecule has 1 aromatic rings. The average Bonchev–Trinajstić information content (AvgIpc) is 2.68. The van der Waals surface area contributed by atoms with Crippen molar-refractivity contribution < 1.29 is 8.42 Å². The fourth-order valence-electron chi connectivity index (χ4n) is 2.50. The predicted octanol–water partition coefficient (Wildman–Crippen LogP) is 0.902. The first-order valence-electron chi connectivity index (χ1n) is 6.18. The molecule has 0 bridgehead atoms. The molecule has 0 radical (unpaired) electrons. The van der Waals surface area contributed by atoms with E-state index >= 15 is 0 Å². The zero-order chi connectivity index (χ0) is 14.2. The maximum atomic E-state index is 11.5. The van der Waals surface area contributed by atoms with Gasteiger partial charge in [-0.1, -0.05) is 0 Å². The monoisotopic (exact) mass is 281 g/mol. The van der Waals surface area contributed by atoms with E-state index in [0.29, 0.717) is 12.0 Å². The van der Waals surface area contributed by atoms with Crippen LogP contribution in [-0.2, 0) is 9.84 Å². The molecule has 0 amide bonds. The molecule has 2 rings (SSSR count). The molecular formula is C13H19N3O2S. The number of rotatable bonds is 3. The van der Waals surface area contributed by atoms with Crippen LogP contribution in [0.25, 0.3) is 0 Å². The van der Waals surface area contributed by atoms with Gasteiger partial charge in [-0.3, -0.25) is 5.41 Å². The van der Waals surface area contributed by atoms with Crippen LogP contribution in [-0.4, -0.2) is 38.8 Å². The molecule has 1 aromatic carbocycles. The first-order chi connectivity index (χ1) is 8.80. The van der Waals surface area contributed by atoms with Crippen LogP contribution in [0.15, 0.2) is 18.2 Å². The molecule has 1 atom stereocenters. The van der Waals surface area contributed by atoms with Crippen molar-refractivity contribution in [2.75, 3.05) is 23.5 Å². The molecule has 1 fully saturated rings. The van der Waals surface area contributed by atoms with Crippen LogP contribution in [0.3, 0.4) is 0 Å². The fourth-order valence-corrected chi connectivity index (χ4v) is 4.27. The van der Waals surface area contributed by atoms with E-state index in [0.717, 1.165) is 11.3 Å². The first kappa shape index (κ1) is 13.9. The summed E-state index contributed by atoms with van der Waals surface area (Å²) in [5.74, 6) is 0.532. The molecule has 3 N–H and O–H groups in total. The number of nitrogens with zero attached hydrogens (tertiary/aromatic N) is 1. The van der Waals surface area contributed by atoms with E-state index in [9.17, 15) is 8.42 Å². The first-order valence-corrected chi connectivity index (χ1v) is 8.00. The maximum Gasteiger partial charge on any atom is 0.152 e. The molecule has 0 aliphatic carbocycles. The summed E-state index contributed by atoms with van der Waals surface area (Å²) in [6, 6.07) is 5.59. The van der Waals surface area contributed by atoms with Crippen LogP contribution in [0.2, 0.25) is 0 Å². The number of nitrogen functional groups attached to an aromatic ring is 1. The number of amidine groups is 1. The Hall–Kier alpha value is -1.56. The average molecular weight is 281 g/mol. The molecular weight excluding hydrogens is 262 g/mol. The Balaban J connectivity index is 2.25. The van der Waals surface area contributed by atoms with Crippen LogP contribution in [0.1, 0.15) is 17.5 Å². The maximum absolute atomic E-state index is 11.5. The Kier molecular flexibility index (Phi) is 3.54. The minimum Gasteiger partial charge on any atom is -0.384 e. The van der Waals surface area contributed by atoms with Crippen LogP contribution >= 0.6 is 0 Å². The SMILES string of the molecule is Cc1cc(C(=N)N)ccc1N(C)C1CCS(=O)(=O)C1. The topological polar surface area (TPSA) is 87.2 Å². The Bertz CT molecular complexity index is 610. The largest absolute Gasteiger partial charge is 0.384 e. The van der Waals surface area contributed by atoms with Crippen LogP contribution in [0.5, 0.6) is 0 Å². The zero-order valence-electron chi connectivity index (χ0n) is 11.2.